The Hall–Kier alpha value is -1.92. The van der Waals surface area contributed by atoms with Crippen LogP contribution in [0.1, 0.15) is 16.7 Å². The van der Waals surface area contributed by atoms with Gasteiger partial charge in [-0.15, -0.1) is 0 Å². The normalized spacial score (nSPS) is 12.3. The Kier molecular flexibility index (Phi) is 6.85. The molecule has 0 amide bonds. The first-order valence-electron chi connectivity index (χ1n) is 8.53. The number of aliphatic imine (C=N–C) groups is 1. The molecule has 4 heteroatoms. The molecule has 0 fully saturated rings. The molecule has 0 aliphatic rings. The monoisotopic (exact) mass is 487 g/mol. The number of allylic oxidation sites excluding steroid dienone is 1. The van der Waals surface area contributed by atoms with Crippen molar-refractivity contribution in [2.75, 3.05) is 0 Å². The zero-order valence-electron chi connectivity index (χ0n) is 15.1. The molecule has 0 bridgehead atoms. The Bertz CT molecular complexity index is 993. The Morgan fingerprint density at radius 1 is 0.889 bits per heavy atom. The van der Waals surface area contributed by atoms with Crippen LogP contribution in [0.5, 0.6) is 0 Å². The molecule has 136 valence electrons. The smallest absolute Gasteiger partial charge is 0.123 e. The highest BCUT2D eigenvalue weighted by Gasteiger charge is 2.11. The van der Waals surface area contributed by atoms with Crippen molar-refractivity contribution in [1.82, 2.24) is 0 Å². The third-order valence-corrected chi connectivity index (χ3v) is 6.23. The Labute approximate surface area is 177 Å². The number of hydrogen-bond donors (Lipinski definition) is 0. The van der Waals surface area contributed by atoms with Crippen molar-refractivity contribution >= 4 is 45.8 Å². The first kappa shape index (κ1) is 19.8. The van der Waals surface area contributed by atoms with Crippen LogP contribution in [-0.4, -0.2) is 5.71 Å². The molecule has 0 unspecified atom stereocenters. The lowest BCUT2D eigenvalue weighted by Crippen LogP contribution is -2.03. The molecule has 0 saturated heterocycles. The van der Waals surface area contributed by atoms with E-state index in [0.29, 0.717) is 0 Å². The lowest BCUT2D eigenvalue weighted by Gasteiger charge is -2.11. The summed E-state index contributed by atoms with van der Waals surface area (Å²) in [7, 11) is 0. The van der Waals surface area contributed by atoms with Crippen LogP contribution >= 0.6 is 34.4 Å². The van der Waals surface area contributed by atoms with E-state index in [1.165, 1.54) is 17.7 Å². The van der Waals surface area contributed by atoms with Gasteiger partial charge in [-0.25, -0.2) is 9.38 Å². The van der Waals surface area contributed by atoms with Crippen molar-refractivity contribution in [3.63, 3.8) is 0 Å². The van der Waals surface area contributed by atoms with E-state index in [1.807, 2.05) is 30.3 Å². The number of nitrogens with zero attached hydrogens (tertiary/aromatic N) is 1. The summed E-state index contributed by atoms with van der Waals surface area (Å²) in [5.41, 5.74) is 5.34. The van der Waals surface area contributed by atoms with Gasteiger partial charge < -0.3 is 0 Å². The van der Waals surface area contributed by atoms with Gasteiger partial charge in [-0.3, -0.25) is 0 Å². The first-order valence-corrected chi connectivity index (χ1v) is 10.5. The molecule has 3 aromatic carbocycles. The number of halogens is 2. The molecule has 0 spiro atoms. The summed E-state index contributed by atoms with van der Waals surface area (Å²) in [6, 6.07) is 22.9. The third kappa shape index (κ3) is 5.30. The molecular weight excluding hydrogens is 468 g/mol. The fourth-order valence-electron chi connectivity index (χ4n) is 2.58. The van der Waals surface area contributed by atoms with Gasteiger partial charge in [-0.2, -0.15) is 0 Å². The van der Waals surface area contributed by atoms with Gasteiger partial charge in [-0.05, 0) is 83.3 Å². The quantitative estimate of drug-likeness (QED) is 0.205. The van der Waals surface area contributed by atoms with E-state index in [2.05, 4.69) is 60.0 Å². The zero-order chi connectivity index (χ0) is 19.2. The number of para-hydroxylation sites is 1. The molecule has 3 aromatic rings. The lowest BCUT2D eigenvalue weighted by atomic mass is 10.0. The minimum absolute atomic E-state index is 0.222. The molecule has 0 heterocycles. The van der Waals surface area contributed by atoms with Crippen molar-refractivity contribution in [1.29, 1.82) is 0 Å². The van der Waals surface area contributed by atoms with Crippen molar-refractivity contribution in [2.24, 2.45) is 4.99 Å². The summed E-state index contributed by atoms with van der Waals surface area (Å²) in [5, 5.41) is 2.07. The number of benzene rings is 3. The maximum Gasteiger partial charge on any atom is 0.123 e. The average molecular weight is 487 g/mol. The first-order chi connectivity index (χ1) is 13.0. The molecule has 0 aliphatic carbocycles. The van der Waals surface area contributed by atoms with Crippen LogP contribution in [0.2, 0.25) is 0 Å². The van der Waals surface area contributed by atoms with Crippen LogP contribution in [0.4, 0.5) is 10.1 Å². The maximum atomic E-state index is 13.1. The molecule has 0 aromatic heterocycles. The highest BCUT2D eigenvalue weighted by Crippen LogP contribution is 2.29. The number of hydrogen-bond acceptors (Lipinski definition) is 2. The van der Waals surface area contributed by atoms with E-state index in [9.17, 15) is 4.39 Å². The molecule has 0 aliphatic heterocycles. The van der Waals surface area contributed by atoms with Gasteiger partial charge in [0.15, 0.2) is 0 Å². The highest BCUT2D eigenvalue weighted by molar-refractivity contribution is 14.1. The zero-order valence-corrected chi connectivity index (χ0v) is 18.1. The summed E-state index contributed by atoms with van der Waals surface area (Å²) < 4.78 is 14.2. The van der Waals surface area contributed by atoms with Gasteiger partial charge in [0.1, 0.15) is 5.82 Å². The third-order valence-electron chi connectivity index (χ3n) is 4.09. The highest BCUT2D eigenvalue weighted by atomic mass is 127. The van der Waals surface area contributed by atoms with Gasteiger partial charge >= 0.3 is 0 Å². The summed E-state index contributed by atoms with van der Waals surface area (Å²) in [4.78, 5) is 5.97. The van der Waals surface area contributed by atoms with Crippen molar-refractivity contribution < 1.29 is 4.39 Å². The maximum absolute atomic E-state index is 13.1. The van der Waals surface area contributed by atoms with Gasteiger partial charge in [0.05, 0.1) is 11.4 Å². The van der Waals surface area contributed by atoms with Crippen molar-refractivity contribution in [3.8, 4) is 0 Å². The summed E-state index contributed by atoms with van der Waals surface area (Å²) in [6.45, 7) is 4.16. The standard InChI is InChI=1S/C23H19FINS/c1-16-7-3-5-9-20(16)23(26-22-10-6-4-8-17(22)2)21(25)15-27-19-13-11-18(24)12-14-19/h3-15H,1-2H3. The Balaban J connectivity index is 2.01. The second-order valence-electron chi connectivity index (χ2n) is 6.10. The fourth-order valence-corrected chi connectivity index (χ4v) is 4.02. The summed E-state index contributed by atoms with van der Waals surface area (Å²) >= 11 is 3.89. The van der Waals surface area contributed by atoms with E-state index in [1.54, 1.807) is 23.9 Å². The van der Waals surface area contributed by atoms with Crippen LogP contribution in [0.25, 0.3) is 0 Å². The predicted molar refractivity (Wildman–Crippen MR) is 123 cm³/mol. The number of thioether (sulfide) groups is 1. The van der Waals surface area contributed by atoms with E-state index >= 15 is 0 Å². The molecule has 0 atom stereocenters. The lowest BCUT2D eigenvalue weighted by molar-refractivity contribution is 0.626. The Morgan fingerprint density at radius 3 is 2.19 bits per heavy atom. The summed E-state index contributed by atoms with van der Waals surface area (Å²) in [6.07, 6.45) is 0. The molecule has 3 rings (SSSR count). The SMILES string of the molecule is Cc1ccccc1N=C(C(I)=CSc1ccc(F)cc1)c1ccccc1C. The minimum Gasteiger partial charge on any atom is -0.247 e. The van der Waals surface area contributed by atoms with Crippen LogP contribution < -0.4 is 0 Å². The number of aryl methyl sites for hydroxylation is 2. The molecule has 0 radical (unpaired) electrons. The second kappa shape index (κ2) is 9.33. The number of rotatable bonds is 5. The van der Waals surface area contributed by atoms with E-state index < -0.39 is 0 Å². The molecule has 27 heavy (non-hydrogen) atoms. The van der Waals surface area contributed by atoms with Crippen LogP contribution in [0, 0.1) is 19.7 Å². The molecule has 1 nitrogen and oxygen atoms in total. The molecule has 0 saturated carbocycles. The Morgan fingerprint density at radius 2 is 1.52 bits per heavy atom. The average Bonchev–Trinajstić information content (AvgIpc) is 2.67. The predicted octanol–water partition coefficient (Wildman–Crippen LogP) is 7.63. The van der Waals surface area contributed by atoms with Gasteiger partial charge in [0.2, 0.25) is 0 Å². The molecule has 0 N–H and O–H groups in total. The van der Waals surface area contributed by atoms with Crippen LogP contribution in [0.15, 0.2) is 91.7 Å². The van der Waals surface area contributed by atoms with Crippen LogP contribution in [-0.2, 0) is 0 Å². The summed E-state index contributed by atoms with van der Waals surface area (Å²) in [5.74, 6) is -0.222. The van der Waals surface area contributed by atoms with E-state index in [4.69, 9.17) is 4.99 Å². The largest absolute Gasteiger partial charge is 0.247 e. The molecular formula is C23H19FINS. The van der Waals surface area contributed by atoms with Gasteiger partial charge in [0.25, 0.3) is 0 Å². The minimum atomic E-state index is -0.222. The van der Waals surface area contributed by atoms with Crippen molar-refractivity contribution in [3.05, 3.63) is 104 Å². The fraction of sp³-hybridized carbons (Fsp3) is 0.0870. The van der Waals surface area contributed by atoms with E-state index in [-0.39, 0.29) is 5.82 Å². The topological polar surface area (TPSA) is 12.4 Å². The second-order valence-corrected chi connectivity index (χ2v) is 8.20. The van der Waals surface area contributed by atoms with Gasteiger partial charge in [-0.1, -0.05) is 54.2 Å². The van der Waals surface area contributed by atoms with Crippen molar-refractivity contribution in [2.45, 2.75) is 18.7 Å². The van der Waals surface area contributed by atoms with Crippen LogP contribution in [0.3, 0.4) is 0 Å². The van der Waals surface area contributed by atoms with E-state index in [0.717, 1.165) is 31.0 Å². The van der Waals surface area contributed by atoms with Gasteiger partial charge in [0, 0.05) is 14.0 Å².